The molecule has 0 saturated carbocycles. The van der Waals surface area contributed by atoms with E-state index in [4.69, 9.17) is 11.6 Å². The van der Waals surface area contributed by atoms with Gasteiger partial charge in [0.2, 0.25) is 0 Å². The number of phenolic OH excluding ortho intramolecular Hbond substituents is 1. The maximum Gasteiger partial charge on any atom is 0.145 e. The molecule has 0 aromatic heterocycles. The Kier molecular flexibility index (Phi) is 2.96. The third kappa shape index (κ3) is 1.95. The van der Waals surface area contributed by atoms with Crippen LogP contribution in [0, 0.1) is 11.6 Å². The third-order valence-corrected chi connectivity index (χ3v) is 3.09. The molecule has 2 aromatic carbocycles. The van der Waals surface area contributed by atoms with Gasteiger partial charge < -0.3 is 5.11 Å². The van der Waals surface area contributed by atoms with Crippen molar-refractivity contribution in [3.8, 4) is 5.75 Å². The van der Waals surface area contributed by atoms with Gasteiger partial charge >= 0.3 is 0 Å². The molecule has 0 spiro atoms. The summed E-state index contributed by atoms with van der Waals surface area (Å²) in [7, 11) is 0. The van der Waals surface area contributed by atoms with E-state index in [-0.39, 0.29) is 22.1 Å². The molecule has 1 nitrogen and oxygen atoms in total. The molecule has 2 aromatic rings. The molecular formula is C13H11ClF2O. The molecule has 0 atom stereocenters. The Bertz CT molecular complexity index is 594. The summed E-state index contributed by atoms with van der Waals surface area (Å²) in [5, 5.41) is 9.90. The number of fused-ring (bicyclic) bond motifs is 1. The Labute approximate surface area is 103 Å². The van der Waals surface area contributed by atoms with Crippen molar-refractivity contribution in [3.63, 3.8) is 0 Å². The quantitative estimate of drug-likeness (QED) is 0.740. The number of halogens is 3. The maximum absolute atomic E-state index is 13.6. The van der Waals surface area contributed by atoms with Crippen molar-refractivity contribution in [1.82, 2.24) is 0 Å². The molecule has 0 aliphatic heterocycles. The summed E-state index contributed by atoms with van der Waals surface area (Å²) in [4.78, 5) is 0. The fourth-order valence-corrected chi connectivity index (χ4v) is 2.17. The summed E-state index contributed by atoms with van der Waals surface area (Å²) in [6, 6.07) is 3.47. The lowest BCUT2D eigenvalue weighted by Crippen LogP contribution is -1.94. The molecule has 1 N–H and O–H groups in total. The Morgan fingerprint density at radius 1 is 1.12 bits per heavy atom. The molecule has 0 amide bonds. The SMILES string of the molecule is CC(C)c1cc(O)cc2c(F)cc(F)c(Cl)c12. The highest BCUT2D eigenvalue weighted by molar-refractivity contribution is 6.36. The lowest BCUT2D eigenvalue weighted by atomic mass is 9.95. The first-order valence-electron chi connectivity index (χ1n) is 5.22. The average molecular weight is 257 g/mol. The molecule has 0 radical (unpaired) electrons. The number of aromatic hydroxyl groups is 1. The van der Waals surface area contributed by atoms with Crippen molar-refractivity contribution in [3.05, 3.63) is 40.4 Å². The third-order valence-electron chi connectivity index (χ3n) is 2.72. The van der Waals surface area contributed by atoms with Crippen LogP contribution in [0.2, 0.25) is 5.02 Å². The standard InChI is InChI=1S/C13H11ClF2O/c1-6(2)8-3-7(17)4-9-10(15)5-11(16)13(14)12(8)9/h3-6,17H,1-2H3. The van der Waals surface area contributed by atoms with Gasteiger partial charge in [-0.25, -0.2) is 8.78 Å². The fourth-order valence-electron chi connectivity index (χ4n) is 1.91. The van der Waals surface area contributed by atoms with E-state index in [1.807, 2.05) is 13.8 Å². The normalized spacial score (nSPS) is 11.4. The second-order valence-corrected chi connectivity index (χ2v) is 4.64. The Balaban J connectivity index is 2.99. The number of hydrogen-bond acceptors (Lipinski definition) is 1. The predicted octanol–water partition coefficient (Wildman–Crippen LogP) is 4.60. The Morgan fingerprint density at radius 3 is 2.35 bits per heavy atom. The molecular weight excluding hydrogens is 246 g/mol. The summed E-state index contributed by atoms with van der Waals surface area (Å²) in [6.45, 7) is 3.74. The highest BCUT2D eigenvalue weighted by Crippen LogP contribution is 2.37. The minimum Gasteiger partial charge on any atom is -0.508 e. The van der Waals surface area contributed by atoms with Crippen LogP contribution in [0.3, 0.4) is 0 Å². The Hall–Kier alpha value is -1.35. The second-order valence-electron chi connectivity index (χ2n) is 4.27. The van der Waals surface area contributed by atoms with Gasteiger partial charge in [-0.3, -0.25) is 0 Å². The largest absolute Gasteiger partial charge is 0.508 e. The van der Waals surface area contributed by atoms with Gasteiger partial charge in [0.1, 0.15) is 17.4 Å². The van der Waals surface area contributed by atoms with Gasteiger partial charge in [0, 0.05) is 16.8 Å². The number of hydrogen-bond donors (Lipinski definition) is 1. The molecule has 0 aliphatic rings. The van der Waals surface area contributed by atoms with Gasteiger partial charge in [0.05, 0.1) is 5.02 Å². The molecule has 2 rings (SSSR count). The van der Waals surface area contributed by atoms with Gasteiger partial charge in [-0.05, 0) is 23.6 Å². The molecule has 0 heterocycles. The van der Waals surface area contributed by atoms with E-state index >= 15 is 0 Å². The summed E-state index contributed by atoms with van der Waals surface area (Å²) < 4.78 is 27.1. The fraction of sp³-hybridized carbons (Fsp3) is 0.231. The number of rotatable bonds is 1. The molecule has 0 saturated heterocycles. The van der Waals surface area contributed by atoms with Gasteiger partial charge in [-0.15, -0.1) is 0 Å². The van der Waals surface area contributed by atoms with Crippen LogP contribution in [0.15, 0.2) is 18.2 Å². The van der Waals surface area contributed by atoms with Crippen LogP contribution in [-0.2, 0) is 0 Å². The van der Waals surface area contributed by atoms with E-state index in [0.29, 0.717) is 10.9 Å². The lowest BCUT2D eigenvalue weighted by Gasteiger charge is -2.13. The zero-order valence-electron chi connectivity index (χ0n) is 9.39. The smallest absolute Gasteiger partial charge is 0.145 e. The van der Waals surface area contributed by atoms with Crippen LogP contribution in [0.25, 0.3) is 10.8 Å². The van der Waals surface area contributed by atoms with E-state index in [9.17, 15) is 13.9 Å². The molecule has 17 heavy (non-hydrogen) atoms. The maximum atomic E-state index is 13.6. The van der Waals surface area contributed by atoms with E-state index in [2.05, 4.69) is 0 Å². The monoisotopic (exact) mass is 256 g/mol. The summed E-state index contributed by atoms with van der Waals surface area (Å²) in [5.74, 6) is -1.56. The van der Waals surface area contributed by atoms with Crippen molar-refractivity contribution in [1.29, 1.82) is 0 Å². The zero-order chi connectivity index (χ0) is 12.7. The minimum absolute atomic E-state index is 0.00306. The summed E-state index contributed by atoms with van der Waals surface area (Å²) >= 11 is 5.88. The van der Waals surface area contributed by atoms with E-state index in [1.165, 1.54) is 12.1 Å². The molecule has 0 fully saturated rings. The predicted molar refractivity (Wildman–Crippen MR) is 64.6 cm³/mol. The van der Waals surface area contributed by atoms with E-state index in [0.717, 1.165) is 6.07 Å². The topological polar surface area (TPSA) is 20.2 Å². The first-order valence-corrected chi connectivity index (χ1v) is 5.59. The van der Waals surface area contributed by atoms with Gasteiger partial charge in [0.15, 0.2) is 0 Å². The van der Waals surface area contributed by atoms with Crippen molar-refractivity contribution in [2.75, 3.05) is 0 Å². The van der Waals surface area contributed by atoms with Crippen LogP contribution >= 0.6 is 11.6 Å². The summed E-state index contributed by atoms with van der Waals surface area (Å²) in [5.41, 5.74) is 0.628. The second kappa shape index (κ2) is 4.15. The van der Waals surface area contributed by atoms with Crippen molar-refractivity contribution >= 4 is 22.4 Å². The van der Waals surface area contributed by atoms with Crippen molar-refractivity contribution < 1.29 is 13.9 Å². The van der Waals surface area contributed by atoms with Gasteiger partial charge in [0.25, 0.3) is 0 Å². The molecule has 90 valence electrons. The zero-order valence-corrected chi connectivity index (χ0v) is 10.1. The molecule has 0 unspecified atom stereocenters. The van der Waals surface area contributed by atoms with Crippen LogP contribution in [0.4, 0.5) is 8.78 Å². The molecule has 4 heteroatoms. The number of benzene rings is 2. The van der Waals surface area contributed by atoms with Crippen LogP contribution in [-0.4, -0.2) is 5.11 Å². The summed E-state index contributed by atoms with van der Waals surface area (Å²) in [6.07, 6.45) is 0. The van der Waals surface area contributed by atoms with Gasteiger partial charge in [-0.2, -0.15) is 0 Å². The number of phenols is 1. The molecule has 0 bridgehead atoms. The minimum atomic E-state index is -0.788. The van der Waals surface area contributed by atoms with Crippen LogP contribution in [0.5, 0.6) is 5.75 Å². The Morgan fingerprint density at radius 2 is 1.76 bits per heavy atom. The van der Waals surface area contributed by atoms with E-state index < -0.39 is 11.6 Å². The highest BCUT2D eigenvalue weighted by Gasteiger charge is 2.17. The first kappa shape index (κ1) is 12.1. The van der Waals surface area contributed by atoms with Crippen LogP contribution in [0.1, 0.15) is 25.3 Å². The molecule has 0 aliphatic carbocycles. The lowest BCUT2D eigenvalue weighted by molar-refractivity contribution is 0.474. The van der Waals surface area contributed by atoms with Crippen molar-refractivity contribution in [2.24, 2.45) is 0 Å². The highest BCUT2D eigenvalue weighted by atomic mass is 35.5. The average Bonchev–Trinajstić information content (AvgIpc) is 2.25. The van der Waals surface area contributed by atoms with Gasteiger partial charge in [-0.1, -0.05) is 25.4 Å². The first-order chi connectivity index (χ1) is 7.91. The van der Waals surface area contributed by atoms with Crippen molar-refractivity contribution in [2.45, 2.75) is 19.8 Å². The van der Waals surface area contributed by atoms with Crippen LogP contribution < -0.4 is 0 Å². The van der Waals surface area contributed by atoms with E-state index in [1.54, 1.807) is 0 Å².